The third-order valence-electron chi connectivity index (χ3n) is 6.55. The zero-order valence-electron chi connectivity index (χ0n) is 15.6. The Balaban J connectivity index is 2.26. The molecule has 130 valence electrons. The monoisotopic (exact) mass is 326 g/mol. The molecule has 0 spiro atoms. The Morgan fingerprint density at radius 2 is 1.41 bits per heavy atom. The highest BCUT2D eigenvalue weighted by Gasteiger charge is 2.55. The molecule has 0 aromatic heterocycles. The first-order valence-electron chi connectivity index (χ1n) is 9.83. The van der Waals surface area contributed by atoms with E-state index in [9.17, 15) is 0 Å². The number of hydrogen-bond acceptors (Lipinski definition) is 2. The molecule has 0 aromatic rings. The van der Waals surface area contributed by atoms with E-state index in [1.165, 1.54) is 44.9 Å². The van der Waals surface area contributed by atoms with E-state index in [-0.39, 0.29) is 0 Å². The highest BCUT2D eigenvalue weighted by molar-refractivity contribution is 6.70. The second kappa shape index (κ2) is 8.30. The van der Waals surface area contributed by atoms with Gasteiger partial charge in [-0.05, 0) is 50.9 Å². The van der Waals surface area contributed by atoms with Crippen LogP contribution in [0.1, 0.15) is 79.6 Å². The average Bonchev–Trinajstić information content (AvgIpc) is 2.50. The third kappa shape index (κ3) is 3.79. The molecule has 0 bridgehead atoms. The van der Waals surface area contributed by atoms with Crippen LogP contribution in [0.15, 0.2) is 0 Å². The molecule has 2 aliphatic carbocycles. The van der Waals surface area contributed by atoms with Crippen LogP contribution in [-0.2, 0) is 8.85 Å². The zero-order chi connectivity index (χ0) is 16.2. The summed E-state index contributed by atoms with van der Waals surface area (Å²) in [5, 5.41) is 0. The maximum Gasteiger partial charge on any atom is 0.344 e. The molecule has 2 saturated carbocycles. The van der Waals surface area contributed by atoms with Crippen LogP contribution in [0.3, 0.4) is 0 Å². The van der Waals surface area contributed by atoms with Crippen LogP contribution in [0.25, 0.3) is 0 Å². The Hall–Kier alpha value is 0.137. The maximum atomic E-state index is 6.62. The van der Waals surface area contributed by atoms with Crippen molar-refractivity contribution < 1.29 is 8.85 Å². The Morgan fingerprint density at radius 1 is 0.818 bits per heavy atom. The molecule has 2 aliphatic rings. The van der Waals surface area contributed by atoms with Crippen LogP contribution in [-0.4, -0.2) is 21.8 Å². The van der Waals surface area contributed by atoms with E-state index in [2.05, 4.69) is 34.6 Å². The summed E-state index contributed by atoms with van der Waals surface area (Å²) in [6.07, 6.45) is 9.52. The Kier molecular flexibility index (Phi) is 6.97. The predicted octanol–water partition coefficient (Wildman–Crippen LogP) is 5.91. The predicted molar refractivity (Wildman–Crippen MR) is 96.3 cm³/mol. The average molecular weight is 327 g/mol. The lowest BCUT2D eigenvalue weighted by atomic mass is 9.81. The van der Waals surface area contributed by atoms with E-state index in [0.717, 1.165) is 36.5 Å². The van der Waals surface area contributed by atoms with Crippen molar-refractivity contribution in [3.63, 3.8) is 0 Å². The zero-order valence-corrected chi connectivity index (χ0v) is 16.6. The van der Waals surface area contributed by atoms with Gasteiger partial charge in [0, 0.05) is 24.3 Å². The first-order chi connectivity index (χ1) is 10.5. The van der Waals surface area contributed by atoms with Crippen LogP contribution < -0.4 is 0 Å². The molecule has 3 heteroatoms. The molecular formula is C19H38O2Si. The van der Waals surface area contributed by atoms with Gasteiger partial charge in [-0.3, -0.25) is 0 Å². The first-order valence-corrected chi connectivity index (χ1v) is 11.8. The van der Waals surface area contributed by atoms with E-state index in [0.29, 0.717) is 5.54 Å². The molecule has 2 fully saturated rings. The molecule has 3 atom stereocenters. The van der Waals surface area contributed by atoms with Crippen molar-refractivity contribution in [1.29, 1.82) is 0 Å². The molecule has 0 heterocycles. The molecule has 0 aromatic carbocycles. The lowest BCUT2D eigenvalue weighted by molar-refractivity contribution is 0.122. The van der Waals surface area contributed by atoms with Crippen molar-refractivity contribution >= 4 is 8.56 Å². The van der Waals surface area contributed by atoms with Gasteiger partial charge < -0.3 is 8.85 Å². The van der Waals surface area contributed by atoms with E-state index >= 15 is 0 Å². The Labute approximate surface area is 139 Å². The lowest BCUT2D eigenvalue weighted by Crippen LogP contribution is -2.55. The lowest BCUT2D eigenvalue weighted by Gasteiger charge is -2.49. The molecule has 0 N–H and O–H groups in total. The molecule has 0 radical (unpaired) electrons. The minimum absolute atomic E-state index is 0.703. The second-order valence-corrected chi connectivity index (χ2v) is 11.5. The van der Waals surface area contributed by atoms with Crippen LogP contribution in [0.4, 0.5) is 0 Å². The minimum Gasteiger partial charge on any atom is -0.394 e. The van der Waals surface area contributed by atoms with Gasteiger partial charge in [-0.25, -0.2) is 0 Å². The molecule has 2 rings (SSSR count). The van der Waals surface area contributed by atoms with Crippen molar-refractivity contribution in [2.75, 3.05) is 13.2 Å². The summed E-state index contributed by atoms with van der Waals surface area (Å²) < 4.78 is 13.2. The van der Waals surface area contributed by atoms with Crippen LogP contribution >= 0.6 is 0 Å². The quantitative estimate of drug-likeness (QED) is 0.565. The fraction of sp³-hybridized carbons (Fsp3) is 1.00. The van der Waals surface area contributed by atoms with Gasteiger partial charge in [-0.2, -0.15) is 0 Å². The topological polar surface area (TPSA) is 18.5 Å². The van der Waals surface area contributed by atoms with Crippen LogP contribution in [0.2, 0.25) is 11.1 Å². The number of hydrogen-bond donors (Lipinski definition) is 0. The van der Waals surface area contributed by atoms with Crippen molar-refractivity contribution in [3.05, 3.63) is 0 Å². The van der Waals surface area contributed by atoms with Gasteiger partial charge in [0.05, 0.1) is 0 Å². The normalized spacial score (nSPS) is 37.2. The summed E-state index contributed by atoms with van der Waals surface area (Å²) in [7, 11) is -2.13. The molecular weight excluding hydrogens is 288 g/mol. The molecule has 0 aliphatic heterocycles. The summed E-state index contributed by atoms with van der Waals surface area (Å²) in [6, 6.07) is 0. The van der Waals surface area contributed by atoms with Gasteiger partial charge >= 0.3 is 8.56 Å². The van der Waals surface area contributed by atoms with Gasteiger partial charge in [0.1, 0.15) is 0 Å². The summed E-state index contributed by atoms with van der Waals surface area (Å²) >= 11 is 0. The molecule has 22 heavy (non-hydrogen) atoms. The van der Waals surface area contributed by atoms with E-state index in [1.54, 1.807) is 0 Å². The minimum atomic E-state index is -2.13. The highest BCUT2D eigenvalue weighted by atomic mass is 28.4. The molecule has 0 saturated heterocycles. The van der Waals surface area contributed by atoms with Crippen LogP contribution in [0, 0.1) is 17.8 Å². The van der Waals surface area contributed by atoms with Crippen LogP contribution in [0.5, 0.6) is 0 Å². The standard InChI is InChI=1S/C19H38O2Si/c1-6-20-22(21-7-2,18-13-11-15(3)12-14-18)19-10-8-9-16(4)17(19)5/h15-19H,6-14H2,1-5H3. The largest absolute Gasteiger partial charge is 0.394 e. The van der Waals surface area contributed by atoms with Crippen molar-refractivity contribution in [2.45, 2.75) is 90.6 Å². The second-order valence-electron chi connectivity index (χ2n) is 7.92. The molecule has 0 amide bonds. The smallest absolute Gasteiger partial charge is 0.344 e. The third-order valence-corrected chi connectivity index (χ3v) is 11.6. The Bertz CT molecular complexity index is 319. The maximum absolute atomic E-state index is 6.62. The van der Waals surface area contributed by atoms with Gasteiger partial charge in [0.25, 0.3) is 0 Å². The fourth-order valence-corrected chi connectivity index (χ4v) is 10.4. The Morgan fingerprint density at radius 3 is 1.95 bits per heavy atom. The van der Waals surface area contributed by atoms with Crippen molar-refractivity contribution in [2.24, 2.45) is 17.8 Å². The van der Waals surface area contributed by atoms with Crippen molar-refractivity contribution in [3.8, 4) is 0 Å². The van der Waals surface area contributed by atoms with Gasteiger partial charge in [0.2, 0.25) is 0 Å². The summed E-state index contributed by atoms with van der Waals surface area (Å²) in [5.74, 6) is 2.49. The van der Waals surface area contributed by atoms with E-state index in [4.69, 9.17) is 8.85 Å². The van der Waals surface area contributed by atoms with E-state index < -0.39 is 8.56 Å². The number of rotatable bonds is 6. The molecule has 2 nitrogen and oxygen atoms in total. The fourth-order valence-electron chi connectivity index (χ4n) is 5.06. The first kappa shape index (κ1) is 18.5. The summed E-state index contributed by atoms with van der Waals surface area (Å²) in [4.78, 5) is 0. The van der Waals surface area contributed by atoms with E-state index in [1.807, 2.05) is 0 Å². The van der Waals surface area contributed by atoms with Gasteiger partial charge in [0.15, 0.2) is 0 Å². The highest BCUT2D eigenvalue weighted by Crippen LogP contribution is 2.53. The summed E-state index contributed by atoms with van der Waals surface area (Å²) in [6.45, 7) is 13.3. The molecule has 3 unspecified atom stereocenters. The summed E-state index contributed by atoms with van der Waals surface area (Å²) in [5.41, 5.74) is 1.43. The van der Waals surface area contributed by atoms with Gasteiger partial charge in [-0.1, -0.05) is 46.5 Å². The van der Waals surface area contributed by atoms with Gasteiger partial charge in [-0.15, -0.1) is 0 Å². The SMILES string of the molecule is CCO[Si](OCC)(C1CCC(C)CC1)C1CCCC(C)C1C. The van der Waals surface area contributed by atoms with Crippen molar-refractivity contribution in [1.82, 2.24) is 0 Å².